The fourth-order valence-corrected chi connectivity index (χ4v) is 1.14. The highest BCUT2D eigenvalue weighted by Gasteiger charge is 2.12. The van der Waals surface area contributed by atoms with Gasteiger partial charge in [0, 0.05) is 17.8 Å². The van der Waals surface area contributed by atoms with Gasteiger partial charge in [0.25, 0.3) is 0 Å². The van der Waals surface area contributed by atoms with Crippen LogP contribution in [0.1, 0.15) is 38.5 Å². The molecule has 0 atom stereocenters. The van der Waals surface area contributed by atoms with Crippen LogP contribution < -0.4 is 5.73 Å². The fourth-order valence-electron chi connectivity index (χ4n) is 1.14. The van der Waals surface area contributed by atoms with Crippen LogP contribution in [-0.4, -0.2) is 19.9 Å². The molecule has 3 N–H and O–H groups in total. The van der Waals surface area contributed by atoms with Gasteiger partial charge in [-0.15, -0.1) is 0 Å². The molecule has 0 aliphatic heterocycles. The van der Waals surface area contributed by atoms with Crippen molar-refractivity contribution in [3.63, 3.8) is 0 Å². The number of aliphatic hydroxyl groups excluding tert-OH is 1. The number of hydrogen-bond donors (Lipinski definition) is 2. The lowest BCUT2D eigenvalue weighted by atomic mass is 10.3. The van der Waals surface area contributed by atoms with Crippen molar-refractivity contribution in [3.8, 4) is 0 Å². The van der Waals surface area contributed by atoms with Crippen LogP contribution in [0.25, 0.3) is 5.57 Å². The van der Waals surface area contributed by atoms with Gasteiger partial charge < -0.3 is 10.8 Å². The third-order valence-electron chi connectivity index (χ3n) is 1.91. The van der Waals surface area contributed by atoms with Gasteiger partial charge in [-0.25, -0.2) is 9.67 Å². The first-order valence-electron chi connectivity index (χ1n) is 4.55. The van der Waals surface area contributed by atoms with Crippen molar-refractivity contribution < 1.29 is 5.11 Å². The normalized spacial score (nSPS) is 12.5. The molecule has 0 saturated heterocycles. The Morgan fingerprint density at radius 3 is 2.71 bits per heavy atom. The van der Waals surface area contributed by atoms with Gasteiger partial charge >= 0.3 is 0 Å². The summed E-state index contributed by atoms with van der Waals surface area (Å²) in [5, 5.41) is 13.1. The van der Waals surface area contributed by atoms with Crippen molar-refractivity contribution in [2.75, 3.05) is 0 Å². The van der Waals surface area contributed by atoms with E-state index in [1.165, 1.54) is 6.20 Å². The Kier molecular flexibility index (Phi) is 3.24. The summed E-state index contributed by atoms with van der Waals surface area (Å²) < 4.78 is 1.75. The highest BCUT2D eigenvalue weighted by Crippen LogP contribution is 2.15. The van der Waals surface area contributed by atoms with Gasteiger partial charge in [0.2, 0.25) is 0 Å². The second kappa shape index (κ2) is 4.23. The number of allylic oxidation sites excluding steroid dienone is 1. The number of hydrogen-bond acceptors (Lipinski definition) is 4. The SMILES string of the molecule is C/C(=C\N)c1nc(CO)nn1C(C)C. The second-order valence-electron chi connectivity index (χ2n) is 3.40. The number of aliphatic hydroxyl groups is 1. The van der Waals surface area contributed by atoms with Gasteiger partial charge in [0.05, 0.1) is 0 Å². The van der Waals surface area contributed by atoms with E-state index in [2.05, 4.69) is 10.1 Å². The first-order chi connectivity index (χ1) is 6.60. The standard InChI is InChI=1S/C9H16N4O/c1-6(2)13-9(7(3)4-10)11-8(5-14)12-13/h4,6,14H,5,10H2,1-3H3/b7-4+. The third kappa shape index (κ3) is 1.93. The summed E-state index contributed by atoms with van der Waals surface area (Å²) in [7, 11) is 0. The third-order valence-corrected chi connectivity index (χ3v) is 1.91. The zero-order valence-electron chi connectivity index (χ0n) is 8.73. The van der Waals surface area contributed by atoms with Crippen LogP contribution in [0.3, 0.4) is 0 Å². The molecule has 0 fully saturated rings. The molecular weight excluding hydrogens is 180 g/mol. The molecule has 1 heterocycles. The topological polar surface area (TPSA) is 77.0 Å². The lowest BCUT2D eigenvalue weighted by molar-refractivity contribution is 0.270. The first kappa shape index (κ1) is 10.7. The minimum absolute atomic E-state index is 0.148. The Morgan fingerprint density at radius 2 is 2.29 bits per heavy atom. The molecule has 0 aliphatic rings. The maximum atomic E-state index is 8.92. The Bertz CT molecular complexity index is 341. The number of nitrogens with zero attached hydrogens (tertiary/aromatic N) is 3. The van der Waals surface area contributed by atoms with Crippen LogP contribution in [0.15, 0.2) is 6.20 Å². The summed E-state index contributed by atoms with van der Waals surface area (Å²) in [6.07, 6.45) is 1.49. The molecule has 1 aromatic heterocycles. The van der Waals surface area contributed by atoms with E-state index >= 15 is 0 Å². The highest BCUT2D eigenvalue weighted by molar-refractivity contribution is 5.56. The molecule has 1 aromatic rings. The van der Waals surface area contributed by atoms with E-state index in [4.69, 9.17) is 10.8 Å². The van der Waals surface area contributed by atoms with Crippen molar-refractivity contribution in [3.05, 3.63) is 17.8 Å². The maximum absolute atomic E-state index is 8.92. The summed E-state index contributed by atoms with van der Waals surface area (Å²) in [6.45, 7) is 5.72. The largest absolute Gasteiger partial charge is 0.404 e. The molecule has 0 spiro atoms. The van der Waals surface area contributed by atoms with E-state index in [0.29, 0.717) is 11.6 Å². The Hall–Kier alpha value is -1.36. The molecular formula is C9H16N4O. The van der Waals surface area contributed by atoms with Crippen LogP contribution >= 0.6 is 0 Å². The van der Waals surface area contributed by atoms with E-state index < -0.39 is 0 Å². The van der Waals surface area contributed by atoms with Gasteiger partial charge in [-0.1, -0.05) is 0 Å². The smallest absolute Gasteiger partial charge is 0.176 e. The molecule has 0 aromatic carbocycles. The van der Waals surface area contributed by atoms with Gasteiger partial charge in [0.1, 0.15) is 6.61 Å². The molecule has 5 heteroatoms. The molecule has 0 amide bonds. The van der Waals surface area contributed by atoms with Crippen molar-refractivity contribution in [2.45, 2.75) is 33.4 Å². The first-order valence-corrected chi connectivity index (χ1v) is 4.55. The molecule has 0 bridgehead atoms. The minimum Gasteiger partial charge on any atom is -0.404 e. The summed E-state index contributed by atoms with van der Waals surface area (Å²) >= 11 is 0. The van der Waals surface area contributed by atoms with Crippen molar-refractivity contribution in [1.82, 2.24) is 14.8 Å². The quantitative estimate of drug-likeness (QED) is 0.745. The monoisotopic (exact) mass is 196 g/mol. The lowest BCUT2D eigenvalue weighted by Crippen LogP contribution is -2.07. The zero-order valence-corrected chi connectivity index (χ0v) is 8.73. The molecule has 0 aliphatic carbocycles. The van der Waals surface area contributed by atoms with Gasteiger partial charge in [-0.3, -0.25) is 0 Å². The van der Waals surface area contributed by atoms with Gasteiger partial charge in [0.15, 0.2) is 11.6 Å². The van der Waals surface area contributed by atoms with Crippen LogP contribution in [0.2, 0.25) is 0 Å². The molecule has 0 unspecified atom stereocenters. The van der Waals surface area contributed by atoms with Crippen molar-refractivity contribution in [2.24, 2.45) is 5.73 Å². The highest BCUT2D eigenvalue weighted by atomic mass is 16.3. The van der Waals surface area contributed by atoms with Crippen molar-refractivity contribution in [1.29, 1.82) is 0 Å². The van der Waals surface area contributed by atoms with Gasteiger partial charge in [-0.05, 0) is 20.8 Å². The van der Waals surface area contributed by atoms with E-state index in [0.717, 1.165) is 5.57 Å². The van der Waals surface area contributed by atoms with Gasteiger partial charge in [-0.2, -0.15) is 5.10 Å². The molecule has 78 valence electrons. The van der Waals surface area contributed by atoms with Crippen molar-refractivity contribution >= 4 is 5.57 Å². The summed E-state index contributed by atoms with van der Waals surface area (Å²) in [5.41, 5.74) is 6.27. The van der Waals surface area contributed by atoms with E-state index in [-0.39, 0.29) is 12.6 Å². The Labute approximate surface area is 83.3 Å². The molecule has 1 rings (SSSR count). The van der Waals surface area contributed by atoms with Crippen LogP contribution in [0.4, 0.5) is 0 Å². The maximum Gasteiger partial charge on any atom is 0.176 e. The van der Waals surface area contributed by atoms with Crippen LogP contribution in [-0.2, 0) is 6.61 Å². The average Bonchev–Trinajstić information content (AvgIpc) is 2.60. The van der Waals surface area contributed by atoms with E-state index in [1.807, 2.05) is 20.8 Å². The minimum atomic E-state index is -0.148. The molecule has 0 radical (unpaired) electrons. The lowest BCUT2D eigenvalue weighted by Gasteiger charge is -2.08. The molecule has 0 saturated carbocycles. The summed E-state index contributed by atoms with van der Waals surface area (Å²) in [6, 6.07) is 0.202. The van der Waals surface area contributed by atoms with Crippen LogP contribution in [0.5, 0.6) is 0 Å². The van der Waals surface area contributed by atoms with E-state index in [9.17, 15) is 0 Å². The molecule has 5 nitrogen and oxygen atoms in total. The average molecular weight is 196 g/mol. The zero-order chi connectivity index (χ0) is 10.7. The second-order valence-corrected chi connectivity index (χ2v) is 3.40. The predicted octanol–water partition coefficient (Wildman–Crippen LogP) is 0.671. The molecule has 14 heavy (non-hydrogen) atoms. The number of aromatic nitrogens is 3. The Balaban J connectivity index is 3.19. The Morgan fingerprint density at radius 1 is 1.64 bits per heavy atom. The number of nitrogens with two attached hydrogens (primary N) is 1. The summed E-state index contributed by atoms with van der Waals surface area (Å²) in [5.74, 6) is 1.14. The summed E-state index contributed by atoms with van der Waals surface area (Å²) in [4.78, 5) is 4.17. The number of rotatable bonds is 3. The van der Waals surface area contributed by atoms with E-state index in [1.54, 1.807) is 4.68 Å². The predicted molar refractivity (Wildman–Crippen MR) is 54.2 cm³/mol. The fraction of sp³-hybridized carbons (Fsp3) is 0.556. The van der Waals surface area contributed by atoms with Crippen LogP contribution in [0, 0.1) is 0 Å².